The van der Waals surface area contributed by atoms with Crippen LogP contribution in [0.2, 0.25) is 0 Å². The van der Waals surface area contributed by atoms with Gasteiger partial charge in [0.05, 0.1) is 24.4 Å². The highest BCUT2D eigenvalue weighted by atomic mass is 31.2. The summed E-state index contributed by atoms with van der Waals surface area (Å²) in [4.78, 5) is 4.67. The molecule has 38 heavy (non-hydrogen) atoms. The highest BCUT2D eigenvalue weighted by Crippen LogP contribution is 2.56. The number of alkyl halides is 3. The average molecular weight is 566 g/mol. The first-order valence-corrected chi connectivity index (χ1v) is 14.5. The number of aryl methyl sites for hydroxylation is 1. The van der Waals surface area contributed by atoms with Gasteiger partial charge in [-0.3, -0.25) is 13.6 Å². The van der Waals surface area contributed by atoms with E-state index >= 15 is 0 Å². The first-order valence-electron chi connectivity index (χ1n) is 13.0. The summed E-state index contributed by atoms with van der Waals surface area (Å²) in [5.74, 6) is 1.20. The molecule has 2 rings (SSSR count). The van der Waals surface area contributed by atoms with Crippen LogP contribution in [0.4, 0.5) is 13.2 Å². The van der Waals surface area contributed by atoms with Gasteiger partial charge in [-0.15, -0.1) is 0 Å². The summed E-state index contributed by atoms with van der Waals surface area (Å²) in [6.45, 7) is 13.1. The van der Waals surface area contributed by atoms with Crippen molar-refractivity contribution in [1.29, 1.82) is 0 Å². The average Bonchev–Trinajstić information content (AvgIpc) is 3.12. The minimum absolute atomic E-state index is 0.00328. The van der Waals surface area contributed by atoms with Crippen LogP contribution in [0.25, 0.3) is 0 Å². The largest absolute Gasteiger partial charge is 0.494 e. The van der Waals surface area contributed by atoms with E-state index in [1.165, 1.54) is 0 Å². The van der Waals surface area contributed by atoms with E-state index in [0.29, 0.717) is 50.5 Å². The monoisotopic (exact) mass is 565 g/mol. The molecule has 1 unspecified atom stereocenters. The van der Waals surface area contributed by atoms with E-state index in [1.54, 1.807) is 48.5 Å². The molecule has 0 N–H and O–H groups in total. The van der Waals surface area contributed by atoms with Crippen molar-refractivity contribution in [3.8, 4) is 5.75 Å². The van der Waals surface area contributed by atoms with Crippen LogP contribution in [0.1, 0.15) is 86.1 Å². The number of ether oxygens (including phenoxy) is 2. The third kappa shape index (κ3) is 13.0. The van der Waals surface area contributed by atoms with Gasteiger partial charge in [0.15, 0.2) is 5.90 Å². The Kier molecular flexibility index (Phi) is 11.3. The van der Waals surface area contributed by atoms with Crippen LogP contribution in [-0.2, 0) is 29.3 Å². The van der Waals surface area contributed by atoms with Gasteiger partial charge in [-0.05, 0) is 91.3 Å². The van der Waals surface area contributed by atoms with Crippen LogP contribution in [0.15, 0.2) is 29.3 Å². The van der Waals surface area contributed by atoms with Crippen molar-refractivity contribution in [3.05, 3.63) is 29.8 Å². The molecule has 0 aliphatic carbocycles. The zero-order valence-corrected chi connectivity index (χ0v) is 24.5. The maximum absolute atomic E-state index is 13.5. The lowest BCUT2D eigenvalue weighted by Gasteiger charge is -2.33. The van der Waals surface area contributed by atoms with Crippen molar-refractivity contribution in [3.63, 3.8) is 0 Å². The van der Waals surface area contributed by atoms with Crippen molar-refractivity contribution < 1.29 is 40.8 Å². The minimum Gasteiger partial charge on any atom is -0.494 e. The van der Waals surface area contributed by atoms with E-state index in [4.69, 9.17) is 23.0 Å². The predicted molar refractivity (Wildman–Crippen MR) is 142 cm³/mol. The second-order valence-corrected chi connectivity index (χ2v) is 13.2. The maximum Gasteiger partial charge on any atom is 0.475 e. The molecule has 218 valence electrons. The number of halogens is 3. The summed E-state index contributed by atoms with van der Waals surface area (Å²) < 4.78 is 78.8. The highest BCUT2D eigenvalue weighted by molar-refractivity contribution is 7.48. The molecule has 0 bridgehead atoms. The lowest BCUT2D eigenvalue weighted by atomic mass is 9.94. The van der Waals surface area contributed by atoms with E-state index in [-0.39, 0.29) is 13.0 Å². The number of phosphoric ester groups is 1. The zero-order chi connectivity index (χ0) is 28.7. The molecule has 0 aromatic heterocycles. The summed E-state index contributed by atoms with van der Waals surface area (Å²) in [6.07, 6.45) is -2.47. The SMILES string of the molecule is CC1=NC(CCc2ccc(OCCCCCC(F)(F)F)cc2)(COP(=O)(OC(C)(C)C)OC(C)(C)C)CO1. The topological polar surface area (TPSA) is 75.6 Å². The Morgan fingerprint density at radius 2 is 1.58 bits per heavy atom. The van der Waals surface area contributed by atoms with Crippen LogP contribution in [-0.4, -0.2) is 48.6 Å². The number of rotatable bonds is 14. The quantitative estimate of drug-likeness (QED) is 0.168. The number of benzene rings is 1. The Morgan fingerprint density at radius 3 is 2.08 bits per heavy atom. The van der Waals surface area contributed by atoms with Crippen LogP contribution in [0.5, 0.6) is 5.75 Å². The van der Waals surface area contributed by atoms with Gasteiger partial charge in [0.2, 0.25) is 0 Å². The second kappa shape index (κ2) is 13.2. The van der Waals surface area contributed by atoms with Gasteiger partial charge in [0.1, 0.15) is 17.9 Å². The summed E-state index contributed by atoms with van der Waals surface area (Å²) >= 11 is 0. The number of aliphatic imine (C=N–C) groups is 1. The van der Waals surface area contributed by atoms with E-state index in [9.17, 15) is 17.7 Å². The van der Waals surface area contributed by atoms with Crippen molar-refractivity contribution in [2.24, 2.45) is 4.99 Å². The molecule has 1 aromatic carbocycles. The molecule has 11 heteroatoms. The van der Waals surface area contributed by atoms with Crippen molar-refractivity contribution in [2.75, 3.05) is 19.8 Å². The smallest absolute Gasteiger partial charge is 0.475 e. The van der Waals surface area contributed by atoms with Gasteiger partial charge in [-0.1, -0.05) is 12.1 Å². The van der Waals surface area contributed by atoms with E-state index in [1.807, 2.05) is 24.3 Å². The van der Waals surface area contributed by atoms with Gasteiger partial charge in [-0.25, -0.2) is 9.56 Å². The van der Waals surface area contributed by atoms with Crippen molar-refractivity contribution in [2.45, 2.75) is 110 Å². The number of hydrogen-bond acceptors (Lipinski definition) is 7. The van der Waals surface area contributed by atoms with E-state index in [2.05, 4.69) is 4.99 Å². The summed E-state index contributed by atoms with van der Waals surface area (Å²) in [6, 6.07) is 7.57. The van der Waals surface area contributed by atoms with E-state index in [0.717, 1.165) is 5.56 Å². The molecule has 0 radical (unpaired) electrons. The van der Waals surface area contributed by atoms with Crippen LogP contribution < -0.4 is 4.74 Å². The number of nitrogens with zero attached hydrogens (tertiary/aromatic N) is 1. The molecule has 1 aliphatic heterocycles. The molecular weight excluding hydrogens is 522 g/mol. The molecule has 7 nitrogen and oxygen atoms in total. The first kappa shape index (κ1) is 32.6. The Balaban J connectivity index is 1.94. The molecule has 0 fully saturated rings. The lowest BCUT2D eigenvalue weighted by Crippen LogP contribution is -2.36. The molecule has 1 aliphatic rings. The Hall–Kier alpha value is -1.61. The van der Waals surface area contributed by atoms with Gasteiger partial charge in [0, 0.05) is 13.3 Å². The van der Waals surface area contributed by atoms with Crippen LogP contribution in [0, 0.1) is 0 Å². The third-order valence-corrected chi connectivity index (χ3v) is 7.37. The number of hydrogen-bond donors (Lipinski definition) is 0. The van der Waals surface area contributed by atoms with Gasteiger partial charge >= 0.3 is 14.0 Å². The summed E-state index contributed by atoms with van der Waals surface area (Å²) in [7, 11) is -3.90. The summed E-state index contributed by atoms with van der Waals surface area (Å²) in [5, 5.41) is 0. The Bertz CT molecular complexity index is 934. The van der Waals surface area contributed by atoms with Crippen LogP contribution >= 0.6 is 7.82 Å². The third-order valence-electron chi connectivity index (χ3n) is 5.38. The van der Waals surface area contributed by atoms with Crippen LogP contribution in [0.3, 0.4) is 0 Å². The fourth-order valence-electron chi connectivity index (χ4n) is 3.78. The molecular formula is C27H43F3NO6P. The predicted octanol–water partition coefficient (Wildman–Crippen LogP) is 8.06. The standard InChI is InChI=1S/C27H43F3NO6P/c1-21-31-26(19-34-21,20-35-38(32,36-24(2,3)4)37-25(5,6)7)17-15-22-11-13-23(14-12-22)33-18-10-8-9-16-27(28,29)30/h11-14H,8-10,15-20H2,1-7H3. The van der Waals surface area contributed by atoms with Crippen molar-refractivity contribution >= 4 is 13.7 Å². The minimum atomic E-state index is -4.10. The first-order chi connectivity index (χ1) is 17.4. The molecule has 0 spiro atoms. The zero-order valence-electron chi connectivity index (χ0n) is 23.7. The fourth-order valence-corrected chi connectivity index (χ4v) is 5.66. The Morgan fingerprint density at radius 1 is 0.974 bits per heavy atom. The molecule has 1 aromatic rings. The molecule has 1 heterocycles. The van der Waals surface area contributed by atoms with E-state index < -0.39 is 37.2 Å². The van der Waals surface area contributed by atoms with Gasteiger partial charge in [-0.2, -0.15) is 13.2 Å². The Labute approximate surface area is 225 Å². The molecule has 0 saturated heterocycles. The molecule has 1 atom stereocenters. The summed E-state index contributed by atoms with van der Waals surface area (Å²) in [5.41, 5.74) is -1.19. The highest BCUT2D eigenvalue weighted by Gasteiger charge is 2.43. The normalized spacial score (nSPS) is 18.8. The van der Waals surface area contributed by atoms with Crippen molar-refractivity contribution in [1.82, 2.24) is 0 Å². The number of unbranched alkanes of at least 4 members (excludes halogenated alkanes) is 2. The molecule has 0 amide bonds. The lowest BCUT2D eigenvalue weighted by molar-refractivity contribution is -0.135. The number of phosphoric acid groups is 1. The molecule has 0 saturated carbocycles. The second-order valence-electron chi connectivity index (χ2n) is 11.7. The maximum atomic E-state index is 13.5. The fraction of sp³-hybridized carbons (Fsp3) is 0.741. The van der Waals surface area contributed by atoms with Gasteiger partial charge < -0.3 is 9.47 Å². The van der Waals surface area contributed by atoms with Gasteiger partial charge in [0.25, 0.3) is 0 Å².